The van der Waals surface area contributed by atoms with E-state index < -0.39 is 0 Å². The summed E-state index contributed by atoms with van der Waals surface area (Å²) in [5, 5.41) is 0.923. The highest BCUT2D eigenvalue weighted by Crippen LogP contribution is 2.45. The molecule has 1 amide bonds. The van der Waals surface area contributed by atoms with Gasteiger partial charge in [0, 0.05) is 11.1 Å². The molecule has 1 unspecified atom stereocenters. The van der Waals surface area contributed by atoms with Gasteiger partial charge in [0.2, 0.25) is 5.91 Å². The monoisotopic (exact) mass is 253 g/mol. The molecule has 2 nitrogen and oxygen atoms in total. The van der Waals surface area contributed by atoms with E-state index in [1.165, 1.54) is 0 Å². The van der Waals surface area contributed by atoms with Crippen LogP contribution in [0, 0.1) is 0 Å². The Kier molecular flexibility index (Phi) is 2.60. The molecule has 2 aliphatic rings. The smallest absolute Gasteiger partial charge is 0.234 e. The summed E-state index contributed by atoms with van der Waals surface area (Å²) in [5.41, 5.74) is 1.15. The lowest BCUT2D eigenvalue weighted by atomic mass is 10.2. The van der Waals surface area contributed by atoms with E-state index in [-0.39, 0.29) is 11.3 Å². The van der Waals surface area contributed by atoms with E-state index in [9.17, 15) is 4.79 Å². The van der Waals surface area contributed by atoms with Crippen LogP contribution in [0.1, 0.15) is 23.8 Å². The summed E-state index contributed by atoms with van der Waals surface area (Å²) in [7, 11) is 0. The second-order valence-electron chi connectivity index (χ2n) is 4.25. The molecule has 1 aromatic rings. The van der Waals surface area contributed by atoms with Gasteiger partial charge in [-0.1, -0.05) is 23.7 Å². The Balaban J connectivity index is 1.91. The highest BCUT2D eigenvalue weighted by atomic mass is 35.5. The van der Waals surface area contributed by atoms with E-state index in [4.69, 9.17) is 11.6 Å². The fraction of sp³-hybridized carbons (Fsp3) is 0.417. The van der Waals surface area contributed by atoms with Gasteiger partial charge in [0.15, 0.2) is 0 Å². The van der Waals surface area contributed by atoms with Crippen LogP contribution < -0.4 is 0 Å². The molecule has 1 aliphatic carbocycles. The van der Waals surface area contributed by atoms with E-state index in [2.05, 4.69) is 6.07 Å². The van der Waals surface area contributed by atoms with Crippen molar-refractivity contribution in [3.63, 3.8) is 0 Å². The Morgan fingerprint density at radius 3 is 2.88 bits per heavy atom. The first-order valence-corrected chi connectivity index (χ1v) is 6.86. The van der Waals surface area contributed by atoms with Crippen molar-refractivity contribution < 1.29 is 4.79 Å². The number of amides is 1. The third kappa shape index (κ3) is 1.82. The normalized spacial score (nSPS) is 25.2. The van der Waals surface area contributed by atoms with Crippen molar-refractivity contribution in [2.75, 3.05) is 5.75 Å². The van der Waals surface area contributed by atoms with Crippen molar-refractivity contribution in [1.29, 1.82) is 0 Å². The first-order chi connectivity index (χ1) is 7.75. The van der Waals surface area contributed by atoms with Crippen LogP contribution in [0.15, 0.2) is 24.3 Å². The predicted octanol–water partition coefficient (Wildman–Crippen LogP) is 3.08. The SMILES string of the molecule is O=C1CSC(c2cccc(Cl)c2)N1C1CC1. The van der Waals surface area contributed by atoms with E-state index >= 15 is 0 Å². The fourth-order valence-electron chi connectivity index (χ4n) is 2.10. The maximum absolute atomic E-state index is 11.8. The van der Waals surface area contributed by atoms with E-state index in [0.29, 0.717) is 11.8 Å². The summed E-state index contributed by atoms with van der Waals surface area (Å²) < 4.78 is 0. The topological polar surface area (TPSA) is 20.3 Å². The number of hydrogen-bond donors (Lipinski definition) is 0. The summed E-state index contributed by atoms with van der Waals surface area (Å²) >= 11 is 7.70. The van der Waals surface area contributed by atoms with Crippen LogP contribution in [0.3, 0.4) is 0 Å². The summed E-state index contributed by atoms with van der Waals surface area (Å²) in [6.07, 6.45) is 2.31. The van der Waals surface area contributed by atoms with Gasteiger partial charge >= 0.3 is 0 Å². The zero-order valence-electron chi connectivity index (χ0n) is 8.73. The summed E-state index contributed by atoms with van der Waals surface area (Å²) in [5.74, 6) is 0.880. The van der Waals surface area contributed by atoms with Crippen molar-refractivity contribution in [3.8, 4) is 0 Å². The lowest BCUT2D eigenvalue weighted by Crippen LogP contribution is -2.30. The van der Waals surface area contributed by atoms with Crippen LogP contribution in [0.4, 0.5) is 0 Å². The van der Waals surface area contributed by atoms with E-state index in [0.717, 1.165) is 23.4 Å². The molecule has 84 valence electrons. The largest absolute Gasteiger partial charge is 0.323 e. The van der Waals surface area contributed by atoms with Crippen LogP contribution in [-0.2, 0) is 4.79 Å². The van der Waals surface area contributed by atoms with Gasteiger partial charge in [-0.25, -0.2) is 0 Å². The standard InChI is InChI=1S/C12H12ClNOS/c13-9-3-1-2-8(6-9)12-14(10-4-5-10)11(15)7-16-12/h1-3,6,10,12H,4-5,7H2. The molecule has 1 saturated heterocycles. The minimum absolute atomic E-state index is 0.179. The molecule has 2 fully saturated rings. The highest BCUT2D eigenvalue weighted by molar-refractivity contribution is 8.00. The molecular formula is C12H12ClNOS. The Labute approximate surface area is 104 Å². The number of carbonyl (C=O) groups is 1. The molecule has 4 heteroatoms. The maximum Gasteiger partial charge on any atom is 0.234 e. The van der Waals surface area contributed by atoms with Crippen molar-refractivity contribution >= 4 is 29.3 Å². The third-order valence-corrected chi connectivity index (χ3v) is 4.44. The number of nitrogens with zero attached hydrogens (tertiary/aromatic N) is 1. The van der Waals surface area contributed by atoms with Gasteiger partial charge in [-0.2, -0.15) is 0 Å². The molecule has 1 saturated carbocycles. The Bertz CT molecular complexity index is 433. The molecular weight excluding hydrogens is 242 g/mol. The van der Waals surface area contributed by atoms with E-state index in [1.807, 2.05) is 23.1 Å². The van der Waals surface area contributed by atoms with Crippen LogP contribution in [0.25, 0.3) is 0 Å². The Hall–Kier alpha value is -0.670. The van der Waals surface area contributed by atoms with Gasteiger partial charge in [-0.05, 0) is 30.5 Å². The van der Waals surface area contributed by atoms with Gasteiger partial charge in [-0.3, -0.25) is 4.79 Å². The number of hydrogen-bond acceptors (Lipinski definition) is 2. The Morgan fingerprint density at radius 2 is 2.19 bits per heavy atom. The molecule has 0 radical (unpaired) electrons. The van der Waals surface area contributed by atoms with Crippen molar-refractivity contribution in [3.05, 3.63) is 34.9 Å². The minimum Gasteiger partial charge on any atom is -0.323 e. The van der Waals surface area contributed by atoms with Gasteiger partial charge in [0.05, 0.1) is 5.75 Å². The molecule has 1 aromatic carbocycles. The van der Waals surface area contributed by atoms with Crippen LogP contribution >= 0.6 is 23.4 Å². The number of benzene rings is 1. The first-order valence-electron chi connectivity index (χ1n) is 5.44. The second kappa shape index (κ2) is 3.97. The molecule has 0 aromatic heterocycles. The summed E-state index contributed by atoms with van der Waals surface area (Å²) in [6, 6.07) is 8.32. The molecule has 3 rings (SSSR count). The second-order valence-corrected chi connectivity index (χ2v) is 5.76. The molecule has 16 heavy (non-hydrogen) atoms. The third-order valence-electron chi connectivity index (χ3n) is 2.98. The van der Waals surface area contributed by atoms with Gasteiger partial charge < -0.3 is 4.90 Å². The average molecular weight is 254 g/mol. The zero-order chi connectivity index (χ0) is 11.1. The van der Waals surface area contributed by atoms with Crippen LogP contribution in [0.2, 0.25) is 5.02 Å². The summed E-state index contributed by atoms with van der Waals surface area (Å²) in [4.78, 5) is 13.8. The lowest BCUT2D eigenvalue weighted by molar-refractivity contribution is -0.128. The number of carbonyl (C=O) groups excluding carboxylic acids is 1. The minimum atomic E-state index is 0.179. The quantitative estimate of drug-likeness (QED) is 0.807. The molecule has 0 N–H and O–H groups in total. The molecule has 0 spiro atoms. The highest BCUT2D eigenvalue weighted by Gasteiger charge is 2.42. The lowest BCUT2D eigenvalue weighted by Gasteiger charge is -2.24. The predicted molar refractivity (Wildman–Crippen MR) is 66.5 cm³/mol. The zero-order valence-corrected chi connectivity index (χ0v) is 10.3. The van der Waals surface area contributed by atoms with Crippen LogP contribution in [0.5, 0.6) is 0 Å². The van der Waals surface area contributed by atoms with E-state index in [1.54, 1.807) is 11.8 Å². The fourth-order valence-corrected chi connectivity index (χ4v) is 3.54. The average Bonchev–Trinajstić information content (AvgIpc) is 3.02. The van der Waals surface area contributed by atoms with Crippen molar-refractivity contribution in [1.82, 2.24) is 4.90 Å². The first kappa shape index (κ1) is 10.5. The molecule has 1 heterocycles. The van der Waals surface area contributed by atoms with Gasteiger partial charge in [-0.15, -0.1) is 11.8 Å². The number of rotatable bonds is 2. The number of thioether (sulfide) groups is 1. The van der Waals surface area contributed by atoms with Gasteiger partial charge in [0.1, 0.15) is 5.37 Å². The summed E-state index contributed by atoms with van der Waals surface area (Å²) in [6.45, 7) is 0. The van der Waals surface area contributed by atoms with Gasteiger partial charge in [0.25, 0.3) is 0 Å². The maximum atomic E-state index is 11.8. The molecule has 1 atom stereocenters. The van der Waals surface area contributed by atoms with Crippen molar-refractivity contribution in [2.24, 2.45) is 0 Å². The number of halogens is 1. The van der Waals surface area contributed by atoms with Crippen molar-refractivity contribution in [2.45, 2.75) is 24.3 Å². The Morgan fingerprint density at radius 1 is 1.38 bits per heavy atom. The molecule has 1 aliphatic heterocycles. The van der Waals surface area contributed by atoms with Crippen LogP contribution in [-0.4, -0.2) is 22.6 Å². The molecule has 0 bridgehead atoms.